The Kier molecular flexibility index (Phi) is 2.67. The van der Waals surface area contributed by atoms with Gasteiger partial charge in [0.05, 0.1) is 5.52 Å². The molecule has 0 aliphatic heterocycles. The van der Waals surface area contributed by atoms with Crippen LogP contribution in [0.1, 0.15) is 18.1 Å². The van der Waals surface area contributed by atoms with Gasteiger partial charge in [-0.3, -0.25) is 4.98 Å². The van der Waals surface area contributed by atoms with E-state index in [9.17, 15) is 0 Å². The Morgan fingerprint density at radius 2 is 2.00 bits per heavy atom. The fraction of sp³-hybridized carbons (Fsp3) is 0.125. The zero-order valence-corrected chi connectivity index (χ0v) is 11.0. The Morgan fingerprint density at radius 1 is 1.16 bits per heavy atom. The number of pyridine rings is 2. The first kappa shape index (κ1) is 11.7. The van der Waals surface area contributed by atoms with Crippen LogP contribution in [0.2, 0.25) is 0 Å². The average Bonchev–Trinajstić information content (AvgIpc) is 2.38. The van der Waals surface area contributed by atoms with Gasteiger partial charge >= 0.3 is 0 Å². The largest absolute Gasteiger partial charge is 0.382 e. The molecule has 0 amide bonds. The molecule has 0 aliphatic carbocycles. The molecule has 0 aliphatic rings. The lowest BCUT2D eigenvalue weighted by atomic mass is 10.1. The summed E-state index contributed by atoms with van der Waals surface area (Å²) in [7, 11) is 0. The van der Waals surface area contributed by atoms with Gasteiger partial charge in [-0.2, -0.15) is 0 Å². The van der Waals surface area contributed by atoms with Gasteiger partial charge in [-0.05, 0) is 37.1 Å². The van der Waals surface area contributed by atoms with Gasteiger partial charge < -0.3 is 5.73 Å². The maximum absolute atomic E-state index is 6.00. The number of hydrogen-bond donors (Lipinski definition) is 1. The molecule has 0 radical (unpaired) electrons. The van der Waals surface area contributed by atoms with Crippen molar-refractivity contribution in [3.63, 3.8) is 0 Å². The Bertz CT molecular complexity index is 804. The first-order chi connectivity index (χ1) is 9.19. The highest BCUT2D eigenvalue weighted by Gasteiger charge is 2.07. The van der Waals surface area contributed by atoms with E-state index in [1.54, 1.807) is 0 Å². The fourth-order valence-electron chi connectivity index (χ4n) is 2.32. The first-order valence-electron chi connectivity index (χ1n) is 6.27. The van der Waals surface area contributed by atoms with Gasteiger partial charge in [0, 0.05) is 17.0 Å². The monoisotopic (exact) mass is 249 g/mol. The minimum Gasteiger partial charge on any atom is -0.382 e. The average molecular weight is 249 g/mol. The molecule has 94 valence electrons. The number of nitrogens with two attached hydrogens (primary N) is 1. The quantitative estimate of drug-likeness (QED) is 0.669. The Hall–Kier alpha value is -2.42. The molecule has 3 rings (SSSR count). The molecule has 2 heterocycles. The molecule has 3 aromatic rings. The van der Waals surface area contributed by atoms with Crippen LogP contribution in [0.15, 0.2) is 36.5 Å². The number of allylic oxidation sites excluding steroid dienone is 1. The van der Waals surface area contributed by atoms with E-state index in [1.807, 2.05) is 31.3 Å². The van der Waals surface area contributed by atoms with Gasteiger partial charge in [0.2, 0.25) is 0 Å². The third kappa shape index (κ3) is 1.93. The van der Waals surface area contributed by atoms with Crippen LogP contribution >= 0.6 is 0 Å². The highest BCUT2D eigenvalue weighted by atomic mass is 14.9. The second kappa shape index (κ2) is 4.35. The SMILES string of the molecule is C/C=C/c1cnc2c(N)nc3cc(C)ccc3c2c1. The number of aryl methyl sites for hydroxylation is 1. The van der Waals surface area contributed by atoms with Crippen LogP contribution in [0.4, 0.5) is 5.82 Å². The van der Waals surface area contributed by atoms with Crippen molar-refractivity contribution in [2.75, 3.05) is 5.73 Å². The fourth-order valence-corrected chi connectivity index (χ4v) is 2.32. The highest BCUT2D eigenvalue weighted by Crippen LogP contribution is 2.27. The summed E-state index contributed by atoms with van der Waals surface area (Å²) < 4.78 is 0. The summed E-state index contributed by atoms with van der Waals surface area (Å²) in [5.74, 6) is 0.486. The molecule has 0 saturated carbocycles. The number of hydrogen-bond acceptors (Lipinski definition) is 3. The molecule has 0 spiro atoms. The van der Waals surface area contributed by atoms with Crippen LogP contribution in [-0.2, 0) is 0 Å². The van der Waals surface area contributed by atoms with Gasteiger partial charge in [-0.1, -0.05) is 24.3 Å². The molecular weight excluding hydrogens is 234 g/mol. The molecule has 3 nitrogen and oxygen atoms in total. The standard InChI is InChI=1S/C16H15N3/c1-3-4-11-8-13-12-6-5-10(2)7-14(12)19-16(17)15(13)18-9-11/h3-9H,1-2H3,(H2,17,19)/b4-3+. The van der Waals surface area contributed by atoms with E-state index in [-0.39, 0.29) is 0 Å². The Balaban J connectivity index is 2.46. The summed E-state index contributed by atoms with van der Waals surface area (Å²) in [6, 6.07) is 8.33. The van der Waals surface area contributed by atoms with E-state index in [0.29, 0.717) is 5.82 Å². The van der Waals surface area contributed by atoms with Crippen molar-refractivity contribution in [1.29, 1.82) is 0 Å². The van der Waals surface area contributed by atoms with E-state index < -0.39 is 0 Å². The van der Waals surface area contributed by atoms with Crippen LogP contribution in [0.25, 0.3) is 27.9 Å². The van der Waals surface area contributed by atoms with Crippen LogP contribution in [0.3, 0.4) is 0 Å². The maximum atomic E-state index is 6.00. The number of aromatic nitrogens is 2. The molecule has 0 saturated heterocycles. The smallest absolute Gasteiger partial charge is 0.150 e. The zero-order chi connectivity index (χ0) is 13.4. The minimum absolute atomic E-state index is 0.486. The molecule has 19 heavy (non-hydrogen) atoms. The van der Waals surface area contributed by atoms with Gasteiger partial charge in [-0.25, -0.2) is 4.98 Å². The lowest BCUT2D eigenvalue weighted by molar-refractivity contribution is 1.35. The van der Waals surface area contributed by atoms with Crippen molar-refractivity contribution in [3.8, 4) is 0 Å². The van der Waals surface area contributed by atoms with E-state index in [1.165, 1.54) is 5.56 Å². The second-order valence-corrected chi connectivity index (χ2v) is 4.68. The van der Waals surface area contributed by atoms with E-state index in [2.05, 4.69) is 35.1 Å². The van der Waals surface area contributed by atoms with Gasteiger partial charge in [-0.15, -0.1) is 0 Å². The lowest BCUT2D eigenvalue weighted by Crippen LogP contribution is -1.96. The van der Waals surface area contributed by atoms with Gasteiger partial charge in [0.25, 0.3) is 0 Å². The van der Waals surface area contributed by atoms with Crippen molar-refractivity contribution in [1.82, 2.24) is 9.97 Å². The van der Waals surface area contributed by atoms with Gasteiger partial charge in [0.1, 0.15) is 5.52 Å². The van der Waals surface area contributed by atoms with Crippen LogP contribution in [-0.4, -0.2) is 9.97 Å². The number of anilines is 1. The highest BCUT2D eigenvalue weighted by molar-refractivity contribution is 6.08. The summed E-state index contributed by atoms with van der Waals surface area (Å²) in [5.41, 5.74) is 9.94. The van der Waals surface area contributed by atoms with Crippen LogP contribution in [0.5, 0.6) is 0 Å². The second-order valence-electron chi connectivity index (χ2n) is 4.68. The Morgan fingerprint density at radius 3 is 2.79 bits per heavy atom. The van der Waals surface area contributed by atoms with Crippen molar-refractivity contribution in [2.24, 2.45) is 0 Å². The zero-order valence-electron chi connectivity index (χ0n) is 11.0. The number of rotatable bonds is 1. The summed E-state index contributed by atoms with van der Waals surface area (Å²) in [6.45, 7) is 4.04. The van der Waals surface area contributed by atoms with Crippen molar-refractivity contribution >= 4 is 33.7 Å². The van der Waals surface area contributed by atoms with Crippen LogP contribution < -0.4 is 5.73 Å². The number of fused-ring (bicyclic) bond motifs is 3. The van der Waals surface area contributed by atoms with Gasteiger partial charge in [0.15, 0.2) is 5.82 Å². The van der Waals surface area contributed by atoms with E-state index in [4.69, 9.17) is 5.73 Å². The molecule has 2 N–H and O–H groups in total. The molecule has 1 aromatic carbocycles. The topological polar surface area (TPSA) is 51.8 Å². The maximum Gasteiger partial charge on any atom is 0.150 e. The summed E-state index contributed by atoms with van der Waals surface area (Å²) in [6.07, 6.45) is 5.85. The Labute approximate surface area is 111 Å². The van der Waals surface area contributed by atoms with E-state index >= 15 is 0 Å². The third-order valence-electron chi connectivity index (χ3n) is 3.19. The number of benzene rings is 1. The number of nitrogen functional groups attached to an aromatic ring is 1. The van der Waals surface area contributed by atoms with Crippen molar-refractivity contribution in [2.45, 2.75) is 13.8 Å². The molecule has 2 aromatic heterocycles. The molecule has 0 unspecified atom stereocenters. The summed E-state index contributed by atoms with van der Waals surface area (Å²) in [4.78, 5) is 8.87. The third-order valence-corrected chi connectivity index (χ3v) is 3.19. The molecule has 0 bridgehead atoms. The molecular formula is C16H15N3. The van der Waals surface area contributed by atoms with Crippen LogP contribution in [0, 0.1) is 6.92 Å². The molecule has 3 heteroatoms. The molecule has 0 atom stereocenters. The van der Waals surface area contributed by atoms with Crippen molar-refractivity contribution in [3.05, 3.63) is 47.7 Å². The first-order valence-corrected chi connectivity index (χ1v) is 6.27. The minimum atomic E-state index is 0.486. The predicted octanol–water partition coefficient (Wildman–Crippen LogP) is 3.71. The summed E-state index contributed by atoms with van der Waals surface area (Å²) >= 11 is 0. The van der Waals surface area contributed by atoms with E-state index in [0.717, 1.165) is 27.4 Å². The predicted molar refractivity (Wildman–Crippen MR) is 80.9 cm³/mol. The lowest BCUT2D eigenvalue weighted by Gasteiger charge is -2.07. The normalized spacial score (nSPS) is 11.7. The van der Waals surface area contributed by atoms with Crippen molar-refractivity contribution < 1.29 is 0 Å². The molecule has 0 fully saturated rings. The number of nitrogens with zero attached hydrogens (tertiary/aromatic N) is 2. The summed E-state index contributed by atoms with van der Waals surface area (Å²) in [5, 5.41) is 2.15.